The van der Waals surface area contributed by atoms with Gasteiger partial charge < -0.3 is 24.4 Å². The van der Waals surface area contributed by atoms with Gasteiger partial charge in [-0.1, -0.05) is 50.5 Å². The van der Waals surface area contributed by atoms with Crippen LogP contribution in [0.1, 0.15) is 90.7 Å². The summed E-state index contributed by atoms with van der Waals surface area (Å²) in [6.45, 7) is 8.84. The fourth-order valence-corrected chi connectivity index (χ4v) is 6.01. The lowest BCUT2D eigenvalue weighted by atomic mass is 10.1. The molecule has 0 radical (unpaired) electrons. The van der Waals surface area contributed by atoms with E-state index < -0.39 is 59.2 Å². The molecule has 2 aliphatic heterocycles. The molecule has 1 aromatic carbocycles. The molecule has 1 saturated carbocycles. The molecule has 2 N–H and O–H groups in total. The van der Waals surface area contributed by atoms with E-state index in [1.807, 2.05) is 12.2 Å². The predicted molar refractivity (Wildman–Crippen MR) is 169 cm³/mol. The maximum absolute atomic E-state index is 14.3. The van der Waals surface area contributed by atoms with Gasteiger partial charge in [-0.15, -0.1) is 0 Å². The second kappa shape index (κ2) is 15.2. The zero-order valence-electron chi connectivity index (χ0n) is 27.9. The highest BCUT2D eigenvalue weighted by Crippen LogP contribution is 2.46. The third-order valence-electron chi connectivity index (χ3n) is 8.48. The number of alkyl carbamates (subject to hydrolysis) is 1. The average molecular weight is 659 g/mol. The zero-order valence-corrected chi connectivity index (χ0v) is 27.9. The normalized spacial score (nSPS) is 23.3. The van der Waals surface area contributed by atoms with Crippen molar-refractivity contribution in [2.75, 3.05) is 13.2 Å². The Morgan fingerprint density at radius 2 is 1.85 bits per heavy atom. The number of carbonyl (C=O) groups is 5. The van der Waals surface area contributed by atoms with E-state index in [0.29, 0.717) is 17.5 Å². The van der Waals surface area contributed by atoms with Crippen molar-refractivity contribution in [2.45, 2.75) is 116 Å². The summed E-state index contributed by atoms with van der Waals surface area (Å²) in [7, 11) is 0. The minimum absolute atomic E-state index is 0.0237. The molecule has 2 fully saturated rings. The molecule has 5 amide bonds. The van der Waals surface area contributed by atoms with Crippen LogP contribution in [-0.4, -0.2) is 76.3 Å². The number of halogens is 1. The monoisotopic (exact) mass is 658 g/mol. The molecule has 4 rings (SSSR count). The lowest BCUT2D eigenvalue weighted by Crippen LogP contribution is -2.55. The van der Waals surface area contributed by atoms with Crippen LogP contribution >= 0.6 is 0 Å². The van der Waals surface area contributed by atoms with Crippen molar-refractivity contribution in [3.63, 3.8) is 0 Å². The number of hydrogen-bond donors (Lipinski definition) is 2. The van der Waals surface area contributed by atoms with Crippen LogP contribution in [0.4, 0.5) is 18.8 Å². The van der Waals surface area contributed by atoms with Gasteiger partial charge in [-0.05, 0) is 58.6 Å². The molecule has 258 valence electrons. The van der Waals surface area contributed by atoms with Crippen LogP contribution in [-0.2, 0) is 36.9 Å². The molecule has 4 atom stereocenters. The van der Waals surface area contributed by atoms with Crippen LogP contribution in [0.25, 0.3) is 0 Å². The number of unbranched alkanes of at least 4 members (excludes halogenated alkanes) is 4. The van der Waals surface area contributed by atoms with Crippen molar-refractivity contribution < 1.29 is 42.6 Å². The molecule has 0 aromatic heterocycles. The number of esters is 1. The van der Waals surface area contributed by atoms with E-state index in [4.69, 9.17) is 14.2 Å². The third-order valence-corrected chi connectivity index (χ3v) is 8.48. The van der Waals surface area contributed by atoms with Gasteiger partial charge in [0.05, 0.1) is 19.7 Å². The summed E-state index contributed by atoms with van der Waals surface area (Å²) < 4.78 is 30.5. The van der Waals surface area contributed by atoms with Crippen LogP contribution < -0.4 is 10.6 Å². The SMILES string of the molecule is CCCCCC/C=C/[C@@H]1C[C@]1(NC(=O)[C@@H]1C[C@@H](OC(=O)N2Cc3cccc(F)c3C2)CN1C(=O)NC(=O)OC(C)(C)C)C(=O)OCC. The first-order valence-electron chi connectivity index (χ1n) is 16.5. The number of hydrogen-bond acceptors (Lipinski definition) is 8. The number of allylic oxidation sites excluding steroid dienone is 1. The highest BCUT2D eigenvalue weighted by molar-refractivity contribution is 5.97. The number of carbonyl (C=O) groups excluding carboxylic acids is 5. The number of nitrogens with zero attached hydrogens (tertiary/aromatic N) is 2. The summed E-state index contributed by atoms with van der Waals surface area (Å²) in [6.07, 6.45) is 6.80. The second-order valence-corrected chi connectivity index (χ2v) is 13.3. The Bertz CT molecular complexity index is 1380. The number of rotatable bonds is 11. The molecule has 3 aliphatic rings. The number of urea groups is 1. The Morgan fingerprint density at radius 3 is 2.53 bits per heavy atom. The number of benzene rings is 1. The molecule has 0 bridgehead atoms. The summed E-state index contributed by atoms with van der Waals surface area (Å²) in [5.74, 6) is -1.92. The fourth-order valence-electron chi connectivity index (χ4n) is 6.01. The van der Waals surface area contributed by atoms with E-state index >= 15 is 0 Å². The number of imide groups is 1. The molecule has 13 heteroatoms. The Kier molecular flexibility index (Phi) is 11.5. The number of likely N-dealkylation sites (tertiary alicyclic amines) is 1. The Labute approximate surface area is 275 Å². The lowest BCUT2D eigenvalue weighted by molar-refractivity contribution is -0.149. The van der Waals surface area contributed by atoms with Gasteiger partial charge in [0.25, 0.3) is 0 Å². The minimum atomic E-state index is -1.29. The largest absolute Gasteiger partial charge is 0.464 e. The molecule has 2 heterocycles. The summed E-state index contributed by atoms with van der Waals surface area (Å²) in [6, 6.07) is 2.52. The average Bonchev–Trinajstić information content (AvgIpc) is 3.30. The van der Waals surface area contributed by atoms with Crippen LogP contribution in [0, 0.1) is 11.7 Å². The third kappa shape index (κ3) is 9.01. The van der Waals surface area contributed by atoms with Crippen LogP contribution in [0.3, 0.4) is 0 Å². The van der Waals surface area contributed by atoms with Crippen molar-refractivity contribution in [3.05, 3.63) is 47.3 Å². The maximum atomic E-state index is 14.3. The van der Waals surface area contributed by atoms with E-state index in [2.05, 4.69) is 17.6 Å². The summed E-state index contributed by atoms with van der Waals surface area (Å²) in [5.41, 5.74) is -1.10. The molecular formula is C34H47FN4O8. The first-order chi connectivity index (χ1) is 22.3. The van der Waals surface area contributed by atoms with E-state index in [1.165, 1.54) is 11.0 Å². The summed E-state index contributed by atoms with van der Waals surface area (Å²) >= 11 is 0. The molecule has 1 aliphatic carbocycles. The van der Waals surface area contributed by atoms with Crippen molar-refractivity contribution in [1.29, 1.82) is 0 Å². The Hall–Kier alpha value is -4.16. The van der Waals surface area contributed by atoms with Crippen molar-refractivity contribution >= 4 is 30.1 Å². The maximum Gasteiger partial charge on any atom is 0.415 e. The van der Waals surface area contributed by atoms with Crippen molar-refractivity contribution in [2.24, 2.45) is 5.92 Å². The molecule has 0 unspecified atom stereocenters. The zero-order chi connectivity index (χ0) is 34.4. The molecule has 1 saturated heterocycles. The highest BCUT2D eigenvalue weighted by Gasteiger charge is 2.62. The smallest absolute Gasteiger partial charge is 0.415 e. The van der Waals surface area contributed by atoms with Crippen LogP contribution in [0.5, 0.6) is 0 Å². The van der Waals surface area contributed by atoms with Gasteiger partial charge in [0.1, 0.15) is 29.1 Å². The van der Waals surface area contributed by atoms with Crippen molar-refractivity contribution in [3.8, 4) is 0 Å². The first kappa shape index (κ1) is 35.7. The second-order valence-electron chi connectivity index (χ2n) is 13.3. The van der Waals surface area contributed by atoms with E-state index in [-0.39, 0.29) is 38.6 Å². The quantitative estimate of drug-likeness (QED) is 0.141. The van der Waals surface area contributed by atoms with Gasteiger partial charge in [-0.3, -0.25) is 9.69 Å². The number of amides is 5. The van der Waals surface area contributed by atoms with Gasteiger partial charge in [0, 0.05) is 24.4 Å². The van der Waals surface area contributed by atoms with Gasteiger partial charge >= 0.3 is 24.2 Å². The predicted octanol–water partition coefficient (Wildman–Crippen LogP) is 5.33. The van der Waals surface area contributed by atoms with E-state index in [1.54, 1.807) is 39.8 Å². The molecule has 12 nitrogen and oxygen atoms in total. The Morgan fingerprint density at radius 1 is 1.09 bits per heavy atom. The molecule has 1 aromatic rings. The van der Waals surface area contributed by atoms with Crippen molar-refractivity contribution in [1.82, 2.24) is 20.4 Å². The standard InChI is InChI=1S/C34H47FN4O8/c1-6-8-9-10-11-12-15-23-18-34(23,29(41)45-7-2)37-28(40)27-17-24(20-39(27)30(42)36-31(43)47-33(3,4)5)46-32(44)38-19-22-14-13-16-26(35)25(22)21-38/h12-16,23-24,27H,6-11,17-21H2,1-5H3,(H,37,40)(H,36,42,43)/b15-12+/t23-,24-,27+,34-/m1/s1. The number of nitrogens with one attached hydrogen (secondary N) is 2. The topological polar surface area (TPSA) is 144 Å². The lowest BCUT2D eigenvalue weighted by Gasteiger charge is -2.26. The highest BCUT2D eigenvalue weighted by atomic mass is 19.1. The summed E-state index contributed by atoms with van der Waals surface area (Å²) in [5, 5.41) is 4.97. The molecule has 47 heavy (non-hydrogen) atoms. The van der Waals surface area contributed by atoms with Gasteiger partial charge in [-0.2, -0.15) is 0 Å². The van der Waals surface area contributed by atoms with Crippen LogP contribution in [0.15, 0.2) is 30.4 Å². The number of fused-ring (bicyclic) bond motifs is 1. The minimum Gasteiger partial charge on any atom is -0.464 e. The fraction of sp³-hybridized carbons (Fsp3) is 0.618. The molecular weight excluding hydrogens is 611 g/mol. The van der Waals surface area contributed by atoms with Gasteiger partial charge in [0.15, 0.2) is 0 Å². The van der Waals surface area contributed by atoms with Gasteiger partial charge in [-0.25, -0.2) is 28.9 Å². The Balaban J connectivity index is 1.47. The first-order valence-corrected chi connectivity index (χ1v) is 16.5. The van der Waals surface area contributed by atoms with E-state index in [0.717, 1.165) is 37.0 Å². The van der Waals surface area contributed by atoms with Gasteiger partial charge in [0.2, 0.25) is 5.91 Å². The van der Waals surface area contributed by atoms with Crippen LogP contribution in [0.2, 0.25) is 0 Å². The number of ether oxygens (including phenoxy) is 3. The summed E-state index contributed by atoms with van der Waals surface area (Å²) in [4.78, 5) is 68.2. The molecule has 0 spiro atoms. The van der Waals surface area contributed by atoms with E-state index in [9.17, 15) is 28.4 Å².